The van der Waals surface area contributed by atoms with E-state index >= 15 is 0 Å². The minimum atomic E-state index is -0.00781. The molecule has 0 fully saturated rings. The molecule has 0 bridgehead atoms. The van der Waals surface area contributed by atoms with E-state index in [4.69, 9.17) is 14.1 Å². The number of ether oxygens (including phenoxy) is 1. The smallest absolute Gasteiger partial charge is 0.350 e. The van der Waals surface area contributed by atoms with Crippen LogP contribution in [0.5, 0.6) is 11.5 Å². The Morgan fingerprint density at radius 1 is 0.822 bits per heavy atom. The normalized spacial score (nSPS) is 11.7. The molecule has 0 spiro atoms. The largest absolute Gasteiger partial charge is 0.503 e. The van der Waals surface area contributed by atoms with Gasteiger partial charge in [0.25, 0.3) is 6.33 Å². The number of hydrogen-bond donors (Lipinski definition) is 0. The molecule has 0 aliphatic carbocycles. The SMILES string of the molecule is CC(C)(C)c1ccnc(-n2c3[c-]c(Oc4[c-]c(-c5coc6n[n+](-c7ccccc7)[c-]n56)ccc4)ccc3c3ccccc32)c1.[Pt]. The second-order valence-corrected chi connectivity index (χ2v) is 11.7. The van der Waals surface area contributed by atoms with Crippen LogP contribution in [0.1, 0.15) is 26.3 Å². The molecule has 0 aliphatic heterocycles. The fourth-order valence-corrected chi connectivity index (χ4v) is 5.51. The Morgan fingerprint density at radius 3 is 2.47 bits per heavy atom. The third-order valence-electron chi connectivity index (χ3n) is 7.75. The molecule has 7 nitrogen and oxygen atoms in total. The summed E-state index contributed by atoms with van der Waals surface area (Å²) in [4.78, 5) is 4.77. The molecular formula is C37H27N5O2Pt-2. The van der Waals surface area contributed by atoms with E-state index in [-0.39, 0.29) is 26.5 Å². The minimum Gasteiger partial charge on any atom is -0.503 e. The maximum atomic E-state index is 6.36. The van der Waals surface area contributed by atoms with Crippen molar-refractivity contribution in [2.45, 2.75) is 26.2 Å². The van der Waals surface area contributed by atoms with Crippen LogP contribution >= 0.6 is 0 Å². The molecule has 8 heteroatoms. The first-order valence-electron chi connectivity index (χ1n) is 14.4. The molecule has 0 amide bonds. The average Bonchev–Trinajstić information content (AvgIpc) is 3.73. The molecule has 0 saturated carbocycles. The summed E-state index contributed by atoms with van der Waals surface area (Å²) in [5.41, 5.74) is 5.61. The van der Waals surface area contributed by atoms with E-state index in [2.05, 4.69) is 91.4 Å². The van der Waals surface area contributed by atoms with Crippen LogP contribution in [0.3, 0.4) is 0 Å². The van der Waals surface area contributed by atoms with E-state index in [1.54, 1.807) is 15.3 Å². The van der Waals surface area contributed by atoms with Gasteiger partial charge in [-0.05, 0) is 34.6 Å². The summed E-state index contributed by atoms with van der Waals surface area (Å²) >= 11 is 0. The molecule has 4 aromatic heterocycles. The van der Waals surface area contributed by atoms with Gasteiger partial charge in [0.15, 0.2) is 0 Å². The predicted octanol–water partition coefficient (Wildman–Crippen LogP) is 7.85. The molecule has 0 unspecified atom stereocenters. The molecule has 4 heterocycles. The topological polar surface area (TPSA) is 61.4 Å². The Morgan fingerprint density at radius 2 is 1.62 bits per heavy atom. The number of fused-ring (bicyclic) bond motifs is 4. The molecule has 4 aromatic carbocycles. The van der Waals surface area contributed by atoms with Gasteiger partial charge in [-0.3, -0.25) is 4.40 Å². The molecule has 8 rings (SSSR count). The van der Waals surface area contributed by atoms with E-state index in [0.717, 1.165) is 44.6 Å². The van der Waals surface area contributed by atoms with E-state index < -0.39 is 0 Å². The summed E-state index contributed by atoms with van der Waals surface area (Å²) in [5.74, 6) is 2.41. The van der Waals surface area contributed by atoms with E-state index in [1.807, 2.05) is 60.8 Å². The molecule has 224 valence electrons. The molecule has 0 radical (unpaired) electrons. The van der Waals surface area contributed by atoms with E-state index in [1.165, 1.54) is 5.56 Å². The van der Waals surface area contributed by atoms with Crippen LogP contribution in [0.15, 0.2) is 114 Å². The predicted molar refractivity (Wildman–Crippen MR) is 168 cm³/mol. The standard InChI is InChI=1S/C37H27N5O2.Pt/c1-37(2,3)26-18-19-38-35(21-26)42-32-15-8-7-14-30(32)31-17-16-29(22-33(31)42)44-28-13-9-10-25(20-28)34-23-43-36-39-41(24-40(34)36)27-11-5-4-6-12-27;/h4-19,21,23H,1-3H3;/q-2;. The van der Waals surface area contributed by atoms with Gasteiger partial charge >= 0.3 is 5.84 Å². The van der Waals surface area contributed by atoms with Crippen LogP contribution in [-0.4, -0.2) is 19.1 Å². The fourth-order valence-electron chi connectivity index (χ4n) is 5.51. The second kappa shape index (κ2) is 11.2. The number of oxazole rings is 1. The quantitative estimate of drug-likeness (QED) is 0.132. The summed E-state index contributed by atoms with van der Waals surface area (Å²) in [6, 6.07) is 39.1. The van der Waals surface area contributed by atoms with E-state index in [9.17, 15) is 0 Å². The van der Waals surface area contributed by atoms with E-state index in [0.29, 0.717) is 17.3 Å². The van der Waals surface area contributed by atoms with Crippen molar-refractivity contribution in [1.82, 2.24) is 19.1 Å². The zero-order valence-electron chi connectivity index (χ0n) is 24.8. The maximum absolute atomic E-state index is 6.36. The van der Waals surface area contributed by atoms with Crippen LogP contribution in [0.4, 0.5) is 0 Å². The van der Waals surface area contributed by atoms with Gasteiger partial charge < -0.3 is 13.7 Å². The zero-order chi connectivity index (χ0) is 29.8. The molecule has 0 N–H and O–H groups in total. The Balaban J connectivity index is 0.00000325. The van der Waals surface area contributed by atoms with Gasteiger partial charge in [0.1, 0.15) is 5.82 Å². The van der Waals surface area contributed by atoms with Gasteiger partial charge in [0.2, 0.25) is 0 Å². The minimum absolute atomic E-state index is 0. The number of hydrogen-bond acceptors (Lipinski definition) is 4. The first-order chi connectivity index (χ1) is 21.4. The van der Waals surface area contributed by atoms with Crippen LogP contribution in [0.25, 0.3) is 50.4 Å². The van der Waals surface area contributed by atoms with Crippen LogP contribution in [0.2, 0.25) is 0 Å². The van der Waals surface area contributed by atoms with Gasteiger partial charge in [-0.2, -0.15) is 10.7 Å². The summed E-state index contributed by atoms with van der Waals surface area (Å²) < 4.78 is 17.7. The molecule has 0 saturated heterocycles. The summed E-state index contributed by atoms with van der Waals surface area (Å²) in [6.07, 6.45) is 6.78. The van der Waals surface area contributed by atoms with Crippen molar-refractivity contribution in [3.63, 3.8) is 0 Å². The first kappa shape index (κ1) is 28.8. The fraction of sp³-hybridized carbons (Fsp3) is 0.108. The summed E-state index contributed by atoms with van der Waals surface area (Å²) in [6.45, 7) is 6.63. The van der Waals surface area contributed by atoms with Crippen molar-refractivity contribution >= 4 is 27.6 Å². The average molecular weight is 769 g/mol. The van der Waals surface area contributed by atoms with Crippen molar-refractivity contribution in [2.24, 2.45) is 0 Å². The Kier molecular flexibility index (Phi) is 7.14. The first-order valence-corrected chi connectivity index (χ1v) is 14.4. The van der Waals surface area contributed by atoms with Gasteiger partial charge in [0.05, 0.1) is 17.6 Å². The second-order valence-electron chi connectivity index (χ2n) is 11.7. The third-order valence-corrected chi connectivity index (χ3v) is 7.75. The van der Waals surface area contributed by atoms with Crippen molar-refractivity contribution in [3.05, 3.63) is 134 Å². The van der Waals surface area contributed by atoms with Crippen molar-refractivity contribution in [1.29, 1.82) is 0 Å². The van der Waals surface area contributed by atoms with Crippen LogP contribution in [0, 0.1) is 18.5 Å². The van der Waals surface area contributed by atoms with Crippen molar-refractivity contribution in [2.75, 3.05) is 0 Å². The van der Waals surface area contributed by atoms with Gasteiger partial charge in [-0.15, -0.1) is 35.7 Å². The summed E-state index contributed by atoms with van der Waals surface area (Å²) in [5, 5.41) is 6.73. The number of pyridine rings is 1. The van der Waals surface area contributed by atoms with Gasteiger partial charge in [-0.1, -0.05) is 91.5 Å². The molecular weight excluding hydrogens is 742 g/mol. The van der Waals surface area contributed by atoms with Crippen molar-refractivity contribution < 1.29 is 34.9 Å². The molecule has 45 heavy (non-hydrogen) atoms. The number of rotatable bonds is 5. The molecule has 0 aliphatic rings. The number of benzene rings is 4. The third kappa shape index (κ3) is 5.13. The summed E-state index contributed by atoms with van der Waals surface area (Å²) in [7, 11) is 0. The number of nitrogens with zero attached hydrogens (tertiary/aromatic N) is 5. The Bertz CT molecular complexity index is 2310. The van der Waals surface area contributed by atoms with Crippen LogP contribution in [-0.2, 0) is 26.5 Å². The molecule has 0 atom stereocenters. The Labute approximate surface area is 274 Å². The monoisotopic (exact) mass is 768 g/mol. The zero-order valence-corrected chi connectivity index (χ0v) is 27.0. The number of aromatic nitrogens is 5. The Hall–Kier alpha value is -5.00. The van der Waals surface area contributed by atoms with Crippen molar-refractivity contribution in [3.8, 4) is 34.3 Å². The maximum Gasteiger partial charge on any atom is 0.350 e. The van der Waals surface area contributed by atoms with Gasteiger partial charge in [0, 0.05) is 44.3 Å². The van der Waals surface area contributed by atoms with Crippen LogP contribution < -0.4 is 9.42 Å². The molecule has 8 aromatic rings. The number of para-hydroxylation sites is 2. The van der Waals surface area contributed by atoms with Gasteiger partial charge in [-0.25, -0.2) is 4.98 Å².